The van der Waals surface area contributed by atoms with E-state index in [1.165, 1.54) is 0 Å². The van der Waals surface area contributed by atoms with Gasteiger partial charge in [0.2, 0.25) is 6.79 Å². The molecular formula is C12H15ClN2O2. The lowest BCUT2D eigenvalue weighted by atomic mass is 10.1. The van der Waals surface area contributed by atoms with Gasteiger partial charge in [0.25, 0.3) is 0 Å². The summed E-state index contributed by atoms with van der Waals surface area (Å²) < 4.78 is 10.6. The van der Waals surface area contributed by atoms with Crippen molar-refractivity contribution in [3.05, 3.63) is 35.4 Å². The van der Waals surface area contributed by atoms with E-state index in [1.54, 1.807) is 6.08 Å². The third-order valence-corrected chi connectivity index (χ3v) is 2.88. The highest BCUT2D eigenvalue weighted by atomic mass is 35.5. The number of rotatable bonds is 5. The Labute approximate surface area is 105 Å². The molecule has 0 radical (unpaired) electrons. The van der Waals surface area contributed by atoms with E-state index in [1.807, 2.05) is 12.1 Å². The van der Waals surface area contributed by atoms with Crippen LogP contribution in [0.1, 0.15) is 11.6 Å². The smallest absolute Gasteiger partial charge is 0.231 e. The number of hydrogen-bond donors (Lipinski definition) is 2. The van der Waals surface area contributed by atoms with Crippen molar-refractivity contribution in [1.82, 2.24) is 5.32 Å². The van der Waals surface area contributed by atoms with Gasteiger partial charge in [-0.2, -0.15) is 0 Å². The lowest BCUT2D eigenvalue weighted by Crippen LogP contribution is -2.28. The van der Waals surface area contributed by atoms with Crippen molar-refractivity contribution >= 4 is 11.6 Å². The summed E-state index contributed by atoms with van der Waals surface area (Å²) in [4.78, 5) is 0. The van der Waals surface area contributed by atoms with Crippen molar-refractivity contribution in [3.8, 4) is 11.5 Å². The number of nitrogens with one attached hydrogen (secondary N) is 1. The minimum Gasteiger partial charge on any atom is -0.454 e. The molecule has 0 saturated heterocycles. The molecule has 1 unspecified atom stereocenters. The second-order valence-electron chi connectivity index (χ2n) is 3.72. The van der Waals surface area contributed by atoms with E-state index in [-0.39, 0.29) is 12.8 Å². The minimum absolute atomic E-state index is 0.0278. The fraction of sp³-hybridized carbons (Fsp3) is 0.333. The predicted octanol–water partition coefficient (Wildman–Crippen LogP) is 1.84. The molecule has 0 saturated carbocycles. The number of benzene rings is 1. The molecule has 0 bridgehead atoms. The predicted molar refractivity (Wildman–Crippen MR) is 67.6 cm³/mol. The largest absolute Gasteiger partial charge is 0.454 e. The van der Waals surface area contributed by atoms with Crippen LogP contribution in [0, 0.1) is 0 Å². The van der Waals surface area contributed by atoms with Crippen LogP contribution in [0.25, 0.3) is 0 Å². The summed E-state index contributed by atoms with van der Waals surface area (Å²) in [7, 11) is 0. The van der Waals surface area contributed by atoms with Crippen LogP contribution in [-0.2, 0) is 0 Å². The number of nitrogens with two attached hydrogens (primary N) is 1. The van der Waals surface area contributed by atoms with Crippen molar-refractivity contribution in [2.24, 2.45) is 5.73 Å². The van der Waals surface area contributed by atoms with E-state index in [2.05, 4.69) is 11.9 Å². The Morgan fingerprint density at radius 2 is 2.35 bits per heavy atom. The summed E-state index contributed by atoms with van der Waals surface area (Å²) in [6.45, 7) is 5.04. The monoisotopic (exact) mass is 254 g/mol. The molecule has 0 fully saturated rings. The van der Waals surface area contributed by atoms with E-state index in [9.17, 15) is 0 Å². The van der Waals surface area contributed by atoms with Crippen LogP contribution >= 0.6 is 11.6 Å². The van der Waals surface area contributed by atoms with Gasteiger partial charge in [-0.1, -0.05) is 17.7 Å². The van der Waals surface area contributed by atoms with Gasteiger partial charge in [0, 0.05) is 19.1 Å². The first-order valence-electron chi connectivity index (χ1n) is 5.39. The molecule has 4 nitrogen and oxygen atoms in total. The van der Waals surface area contributed by atoms with Crippen LogP contribution in [0.4, 0.5) is 0 Å². The zero-order valence-electron chi connectivity index (χ0n) is 9.41. The van der Waals surface area contributed by atoms with Crippen LogP contribution < -0.4 is 20.5 Å². The molecule has 92 valence electrons. The fourth-order valence-electron chi connectivity index (χ4n) is 1.75. The number of ether oxygens (including phenoxy) is 2. The molecule has 5 heteroatoms. The summed E-state index contributed by atoms with van der Waals surface area (Å²) in [5.74, 6) is 1.28. The van der Waals surface area contributed by atoms with Crippen molar-refractivity contribution in [2.45, 2.75) is 6.04 Å². The summed E-state index contributed by atoms with van der Waals surface area (Å²) in [5.41, 5.74) is 6.72. The van der Waals surface area contributed by atoms with E-state index in [4.69, 9.17) is 26.8 Å². The van der Waals surface area contributed by atoms with Crippen LogP contribution in [-0.4, -0.2) is 19.9 Å². The van der Waals surface area contributed by atoms with Gasteiger partial charge in [0.1, 0.15) is 0 Å². The topological polar surface area (TPSA) is 56.5 Å². The van der Waals surface area contributed by atoms with E-state index in [0.29, 0.717) is 29.6 Å². The Morgan fingerprint density at radius 1 is 1.53 bits per heavy atom. The molecule has 1 aliphatic rings. The van der Waals surface area contributed by atoms with Crippen LogP contribution in [0.15, 0.2) is 24.8 Å². The first-order valence-corrected chi connectivity index (χ1v) is 5.77. The van der Waals surface area contributed by atoms with Gasteiger partial charge in [0.05, 0.1) is 5.02 Å². The average molecular weight is 255 g/mol. The highest BCUT2D eigenvalue weighted by Crippen LogP contribution is 2.40. The number of halogens is 1. The number of hydrogen-bond acceptors (Lipinski definition) is 4. The Bertz CT molecular complexity index is 423. The summed E-state index contributed by atoms with van der Waals surface area (Å²) >= 11 is 6.12. The van der Waals surface area contributed by atoms with Crippen molar-refractivity contribution in [3.63, 3.8) is 0 Å². The Balaban J connectivity index is 2.25. The molecule has 1 aromatic carbocycles. The maximum atomic E-state index is 6.12. The van der Waals surface area contributed by atoms with Crippen LogP contribution in [0.2, 0.25) is 5.02 Å². The quantitative estimate of drug-likeness (QED) is 0.788. The van der Waals surface area contributed by atoms with Gasteiger partial charge in [0.15, 0.2) is 11.5 Å². The zero-order valence-corrected chi connectivity index (χ0v) is 10.2. The Morgan fingerprint density at radius 3 is 3.06 bits per heavy atom. The average Bonchev–Trinajstić information content (AvgIpc) is 2.79. The molecule has 0 spiro atoms. The van der Waals surface area contributed by atoms with Crippen LogP contribution in [0.5, 0.6) is 11.5 Å². The second kappa shape index (κ2) is 5.40. The molecule has 2 rings (SSSR count). The Hall–Kier alpha value is -1.23. The first-order chi connectivity index (χ1) is 8.26. The summed E-state index contributed by atoms with van der Waals surface area (Å²) in [6, 6.07) is 3.78. The molecule has 0 amide bonds. The minimum atomic E-state index is 0.0278. The normalized spacial score (nSPS) is 14.7. The maximum absolute atomic E-state index is 6.12. The highest BCUT2D eigenvalue weighted by Gasteiger charge is 2.20. The highest BCUT2D eigenvalue weighted by molar-refractivity contribution is 6.32. The van der Waals surface area contributed by atoms with E-state index >= 15 is 0 Å². The van der Waals surface area contributed by atoms with Gasteiger partial charge in [-0.3, -0.25) is 0 Å². The molecule has 1 heterocycles. The van der Waals surface area contributed by atoms with Crippen LogP contribution in [0.3, 0.4) is 0 Å². The maximum Gasteiger partial charge on any atom is 0.231 e. The van der Waals surface area contributed by atoms with Gasteiger partial charge >= 0.3 is 0 Å². The summed E-state index contributed by atoms with van der Waals surface area (Å²) in [6.07, 6.45) is 1.79. The van der Waals surface area contributed by atoms with E-state index in [0.717, 1.165) is 5.56 Å². The molecule has 1 atom stereocenters. The third kappa shape index (κ3) is 2.54. The standard InChI is InChI=1S/C12H15ClN2O2/c1-2-3-15-10(6-14)8-4-9(13)12-11(5-8)16-7-17-12/h2,4-5,10,15H,1,3,6-7,14H2. The molecular weight excluding hydrogens is 240 g/mol. The van der Waals surface area contributed by atoms with Gasteiger partial charge < -0.3 is 20.5 Å². The zero-order chi connectivity index (χ0) is 12.3. The van der Waals surface area contributed by atoms with Gasteiger partial charge in [-0.05, 0) is 17.7 Å². The third-order valence-electron chi connectivity index (χ3n) is 2.60. The molecule has 0 aliphatic carbocycles. The Kier molecular flexibility index (Phi) is 3.89. The molecule has 3 N–H and O–H groups in total. The van der Waals surface area contributed by atoms with Gasteiger partial charge in [-0.15, -0.1) is 6.58 Å². The van der Waals surface area contributed by atoms with Crippen molar-refractivity contribution in [1.29, 1.82) is 0 Å². The lowest BCUT2D eigenvalue weighted by Gasteiger charge is -2.17. The second-order valence-corrected chi connectivity index (χ2v) is 4.13. The van der Waals surface area contributed by atoms with Crippen molar-refractivity contribution in [2.75, 3.05) is 19.9 Å². The fourth-order valence-corrected chi connectivity index (χ4v) is 2.03. The number of fused-ring (bicyclic) bond motifs is 1. The summed E-state index contributed by atoms with van der Waals surface area (Å²) in [5, 5.41) is 3.81. The first kappa shape index (κ1) is 12.2. The van der Waals surface area contributed by atoms with Gasteiger partial charge in [-0.25, -0.2) is 0 Å². The lowest BCUT2D eigenvalue weighted by molar-refractivity contribution is 0.174. The molecule has 0 aromatic heterocycles. The SMILES string of the molecule is C=CCNC(CN)c1cc(Cl)c2c(c1)OCO2. The van der Waals surface area contributed by atoms with Crippen molar-refractivity contribution < 1.29 is 9.47 Å². The molecule has 1 aliphatic heterocycles. The molecule has 17 heavy (non-hydrogen) atoms. The van der Waals surface area contributed by atoms with E-state index < -0.39 is 0 Å². The molecule has 1 aromatic rings.